The van der Waals surface area contributed by atoms with Gasteiger partial charge in [0, 0.05) is 23.9 Å². The Hall–Kier alpha value is -2.89. The van der Waals surface area contributed by atoms with Crippen molar-refractivity contribution in [3.05, 3.63) is 66.6 Å². The Morgan fingerprint density at radius 1 is 1.27 bits per heavy atom. The summed E-state index contributed by atoms with van der Waals surface area (Å²) in [6.07, 6.45) is 6.83. The normalized spacial score (nSPS) is 10.6. The average Bonchev–Trinajstić information content (AvgIpc) is 3.18. The van der Waals surface area contributed by atoms with Gasteiger partial charge in [0.1, 0.15) is 5.82 Å². The van der Waals surface area contributed by atoms with Crippen LogP contribution in [0.15, 0.2) is 59.7 Å². The van der Waals surface area contributed by atoms with Crippen LogP contribution in [0, 0.1) is 5.82 Å². The summed E-state index contributed by atoms with van der Waals surface area (Å²) in [5, 5.41) is 6.88. The predicted molar refractivity (Wildman–Crippen MR) is 78.7 cm³/mol. The molecular weight excluding hydrogens is 285 g/mol. The van der Waals surface area contributed by atoms with Crippen LogP contribution in [0.3, 0.4) is 0 Å². The molecule has 0 saturated heterocycles. The maximum Gasteiger partial charge on any atom is 0.254 e. The zero-order valence-corrected chi connectivity index (χ0v) is 11.7. The van der Waals surface area contributed by atoms with Crippen LogP contribution in [-0.2, 0) is 6.54 Å². The lowest BCUT2D eigenvalue weighted by Gasteiger charge is -2.06. The Kier molecular flexibility index (Phi) is 4.00. The highest BCUT2D eigenvalue weighted by Gasteiger charge is 2.10. The van der Waals surface area contributed by atoms with Crippen molar-refractivity contribution >= 4 is 5.91 Å². The van der Waals surface area contributed by atoms with E-state index in [1.807, 2.05) is 12.3 Å². The number of nitrogens with one attached hydrogen (secondary N) is 1. The lowest BCUT2D eigenvalue weighted by atomic mass is 10.2. The summed E-state index contributed by atoms with van der Waals surface area (Å²) >= 11 is 0. The summed E-state index contributed by atoms with van der Waals surface area (Å²) in [4.78, 5) is 11.9. The van der Waals surface area contributed by atoms with Gasteiger partial charge in [-0.1, -0.05) is 12.1 Å². The molecule has 2 aromatic heterocycles. The molecule has 1 aromatic carbocycles. The van der Waals surface area contributed by atoms with Crippen LogP contribution in [0.2, 0.25) is 0 Å². The Balaban J connectivity index is 1.55. The second-order valence-electron chi connectivity index (χ2n) is 4.74. The fraction of sp³-hybridized carbons (Fsp3) is 0.125. The van der Waals surface area contributed by atoms with Gasteiger partial charge in [0.05, 0.1) is 30.8 Å². The number of carbonyl (C=O) groups excluding carboxylic acids is 1. The van der Waals surface area contributed by atoms with Crippen LogP contribution in [0.1, 0.15) is 10.4 Å². The molecular formula is C16H14FN3O2. The van der Waals surface area contributed by atoms with E-state index in [1.54, 1.807) is 35.5 Å². The largest absolute Gasteiger partial charge is 0.472 e. The maximum absolute atomic E-state index is 13.5. The van der Waals surface area contributed by atoms with Gasteiger partial charge in [-0.2, -0.15) is 5.10 Å². The number of aromatic nitrogens is 2. The lowest BCUT2D eigenvalue weighted by molar-refractivity contribution is 0.0948. The Morgan fingerprint density at radius 3 is 2.91 bits per heavy atom. The molecule has 0 bridgehead atoms. The van der Waals surface area contributed by atoms with E-state index in [-0.39, 0.29) is 5.56 Å². The highest BCUT2D eigenvalue weighted by atomic mass is 19.1. The van der Waals surface area contributed by atoms with E-state index in [2.05, 4.69) is 10.4 Å². The van der Waals surface area contributed by atoms with E-state index < -0.39 is 11.7 Å². The molecule has 0 spiro atoms. The van der Waals surface area contributed by atoms with Crippen LogP contribution in [-0.4, -0.2) is 22.2 Å². The first-order chi connectivity index (χ1) is 10.7. The summed E-state index contributed by atoms with van der Waals surface area (Å²) in [6, 6.07) is 7.74. The maximum atomic E-state index is 13.5. The highest BCUT2D eigenvalue weighted by Crippen LogP contribution is 2.18. The molecule has 0 saturated carbocycles. The summed E-state index contributed by atoms with van der Waals surface area (Å²) in [5.74, 6) is -0.957. The third-order valence-corrected chi connectivity index (χ3v) is 3.23. The quantitative estimate of drug-likeness (QED) is 0.788. The van der Waals surface area contributed by atoms with Crippen LogP contribution >= 0.6 is 0 Å². The standard InChI is InChI=1S/C16H14FN3O2/c17-15-4-2-1-3-14(15)16(21)18-6-7-20-10-13(9-19-20)12-5-8-22-11-12/h1-5,8-11H,6-7H2,(H,18,21). The summed E-state index contributed by atoms with van der Waals surface area (Å²) < 4.78 is 20.2. The minimum Gasteiger partial charge on any atom is -0.472 e. The van der Waals surface area contributed by atoms with Crippen molar-refractivity contribution in [1.29, 1.82) is 0 Å². The second kappa shape index (κ2) is 6.26. The smallest absolute Gasteiger partial charge is 0.254 e. The minimum absolute atomic E-state index is 0.0436. The molecule has 2 heterocycles. The molecule has 0 aliphatic rings. The van der Waals surface area contributed by atoms with Crippen LogP contribution in [0.4, 0.5) is 4.39 Å². The van der Waals surface area contributed by atoms with Crippen molar-refractivity contribution < 1.29 is 13.6 Å². The van der Waals surface area contributed by atoms with Crippen molar-refractivity contribution in [3.63, 3.8) is 0 Å². The van der Waals surface area contributed by atoms with Crippen LogP contribution < -0.4 is 5.32 Å². The molecule has 0 aliphatic carbocycles. The molecule has 6 heteroatoms. The predicted octanol–water partition coefficient (Wildman–Crippen LogP) is 2.71. The molecule has 0 aliphatic heterocycles. The number of halogens is 1. The first-order valence-electron chi connectivity index (χ1n) is 6.82. The van der Waals surface area contributed by atoms with Gasteiger partial charge >= 0.3 is 0 Å². The van der Waals surface area contributed by atoms with Gasteiger partial charge in [-0.3, -0.25) is 9.48 Å². The number of hydrogen-bond acceptors (Lipinski definition) is 3. The Morgan fingerprint density at radius 2 is 2.14 bits per heavy atom. The lowest BCUT2D eigenvalue weighted by Crippen LogP contribution is -2.28. The van der Waals surface area contributed by atoms with E-state index in [1.165, 1.54) is 12.1 Å². The zero-order valence-electron chi connectivity index (χ0n) is 11.7. The Bertz CT molecular complexity index is 765. The summed E-state index contributed by atoms with van der Waals surface area (Å²) in [6.45, 7) is 0.859. The molecule has 1 N–H and O–H groups in total. The minimum atomic E-state index is -0.527. The average molecular weight is 299 g/mol. The summed E-state index contributed by atoms with van der Waals surface area (Å²) in [5.41, 5.74) is 1.93. The molecule has 112 valence electrons. The fourth-order valence-corrected chi connectivity index (χ4v) is 2.09. The van der Waals surface area contributed by atoms with E-state index in [0.29, 0.717) is 13.1 Å². The van der Waals surface area contributed by atoms with Gasteiger partial charge in [-0.15, -0.1) is 0 Å². The third kappa shape index (κ3) is 3.06. The van der Waals surface area contributed by atoms with Crippen molar-refractivity contribution in [2.24, 2.45) is 0 Å². The number of rotatable bonds is 5. The van der Waals surface area contributed by atoms with Crippen molar-refractivity contribution in [2.75, 3.05) is 6.54 Å². The number of furan rings is 1. The van der Waals surface area contributed by atoms with Crippen LogP contribution in [0.5, 0.6) is 0 Å². The van der Waals surface area contributed by atoms with Crippen LogP contribution in [0.25, 0.3) is 11.1 Å². The second-order valence-corrected chi connectivity index (χ2v) is 4.74. The first kappa shape index (κ1) is 14.1. The van der Waals surface area contributed by atoms with Gasteiger partial charge in [0.25, 0.3) is 5.91 Å². The van der Waals surface area contributed by atoms with Gasteiger partial charge in [-0.25, -0.2) is 4.39 Å². The number of nitrogens with zero attached hydrogens (tertiary/aromatic N) is 2. The number of amides is 1. The van der Waals surface area contributed by atoms with Gasteiger partial charge < -0.3 is 9.73 Å². The first-order valence-corrected chi connectivity index (χ1v) is 6.82. The molecule has 0 atom stereocenters. The fourth-order valence-electron chi connectivity index (χ4n) is 2.09. The van der Waals surface area contributed by atoms with E-state index in [9.17, 15) is 9.18 Å². The molecule has 0 unspecified atom stereocenters. The monoisotopic (exact) mass is 299 g/mol. The van der Waals surface area contributed by atoms with E-state index >= 15 is 0 Å². The molecule has 1 amide bonds. The topological polar surface area (TPSA) is 60.1 Å². The zero-order chi connectivity index (χ0) is 15.4. The molecule has 3 rings (SSSR count). The third-order valence-electron chi connectivity index (χ3n) is 3.23. The Labute approximate surface area is 126 Å². The molecule has 0 fully saturated rings. The van der Waals surface area contributed by atoms with E-state index in [0.717, 1.165) is 11.1 Å². The van der Waals surface area contributed by atoms with Gasteiger partial charge in [0.2, 0.25) is 0 Å². The molecule has 3 aromatic rings. The van der Waals surface area contributed by atoms with Crippen molar-refractivity contribution in [3.8, 4) is 11.1 Å². The molecule has 22 heavy (non-hydrogen) atoms. The SMILES string of the molecule is O=C(NCCn1cc(-c2ccoc2)cn1)c1ccccc1F. The van der Waals surface area contributed by atoms with Crippen molar-refractivity contribution in [1.82, 2.24) is 15.1 Å². The summed E-state index contributed by atoms with van der Waals surface area (Å²) in [7, 11) is 0. The van der Waals surface area contributed by atoms with Crippen molar-refractivity contribution in [2.45, 2.75) is 6.54 Å². The molecule has 5 nitrogen and oxygen atoms in total. The molecule has 0 radical (unpaired) electrons. The van der Waals surface area contributed by atoms with Gasteiger partial charge in [-0.05, 0) is 18.2 Å². The van der Waals surface area contributed by atoms with E-state index in [4.69, 9.17) is 4.42 Å². The highest BCUT2D eigenvalue weighted by molar-refractivity contribution is 5.94. The number of benzene rings is 1. The number of hydrogen-bond donors (Lipinski definition) is 1. The number of carbonyl (C=O) groups is 1. The van der Waals surface area contributed by atoms with Gasteiger partial charge in [0.15, 0.2) is 0 Å².